The molecule has 1 aliphatic heterocycles. The van der Waals surface area contributed by atoms with E-state index in [1.807, 2.05) is 12.1 Å². The largest absolute Gasteiger partial charge is 0.466 e. The quantitative estimate of drug-likeness (QED) is 0.136. The van der Waals surface area contributed by atoms with Gasteiger partial charge in [-0.25, -0.2) is 0 Å². The maximum absolute atomic E-state index is 12.0. The van der Waals surface area contributed by atoms with E-state index in [-0.39, 0.29) is 60.1 Å². The van der Waals surface area contributed by atoms with Gasteiger partial charge in [-0.05, 0) is 37.6 Å². The Kier molecular flexibility index (Phi) is 9.77. The minimum atomic E-state index is -0.463. The number of ether oxygens (including phenoxy) is 1. The van der Waals surface area contributed by atoms with Crippen LogP contribution in [0.15, 0.2) is 45.7 Å². The van der Waals surface area contributed by atoms with Crippen LogP contribution in [0.4, 0.5) is 0 Å². The van der Waals surface area contributed by atoms with Crippen LogP contribution in [-0.2, 0) is 46.6 Å². The van der Waals surface area contributed by atoms with Crippen LogP contribution in [0.2, 0.25) is 0 Å². The molecule has 0 radical (unpaired) electrons. The van der Waals surface area contributed by atoms with Crippen LogP contribution in [0.5, 0.6) is 0 Å². The second-order valence-corrected chi connectivity index (χ2v) is 8.72. The van der Waals surface area contributed by atoms with Crippen molar-refractivity contribution in [2.75, 3.05) is 6.61 Å². The van der Waals surface area contributed by atoms with Crippen molar-refractivity contribution < 1.29 is 49.2 Å². The number of H-pyrrole nitrogens is 2. The van der Waals surface area contributed by atoms with Crippen LogP contribution < -0.4 is 5.32 Å². The van der Waals surface area contributed by atoms with E-state index in [4.69, 9.17) is 13.8 Å². The molecule has 13 nitrogen and oxygen atoms in total. The van der Waals surface area contributed by atoms with E-state index in [1.54, 1.807) is 31.5 Å². The monoisotopic (exact) mass is 730 g/mol. The van der Waals surface area contributed by atoms with Gasteiger partial charge in [0.25, 0.3) is 0 Å². The van der Waals surface area contributed by atoms with Crippen molar-refractivity contribution in [3.05, 3.63) is 55.5 Å². The standard InChI is InChI=1S/C13H10N4O3.C12H11N3O3.CH4.CH3.W/c18-10-4-1-6(13(19)15-10)12-11-7-5-14-16-8(7)2-3-9(11)20-17-12;1-2-17-11(16)5-9-12-7-6-13-14-8(7)3-4-10(12)18-15-9;;;/h2-3,5-6H,1,4H2,(H,14,16)(H,15,18,19);3-4,6H,2,5H2,1H3,(H,13,14);1H4;1H3;/q;;;-1;. The minimum absolute atomic E-state index is 0. The van der Waals surface area contributed by atoms with Crippen LogP contribution >= 0.6 is 0 Å². The molecule has 6 aromatic rings. The summed E-state index contributed by atoms with van der Waals surface area (Å²) in [6.07, 6.45) is 4.24. The maximum atomic E-state index is 12.0. The van der Waals surface area contributed by atoms with E-state index < -0.39 is 5.92 Å². The van der Waals surface area contributed by atoms with Crippen LogP contribution in [0.1, 0.15) is 44.5 Å². The van der Waals surface area contributed by atoms with Crippen molar-refractivity contribution in [2.24, 2.45) is 0 Å². The molecule has 14 heteroatoms. The summed E-state index contributed by atoms with van der Waals surface area (Å²) < 4.78 is 15.4. The van der Waals surface area contributed by atoms with Gasteiger partial charge in [-0.1, -0.05) is 17.7 Å². The summed E-state index contributed by atoms with van der Waals surface area (Å²) in [5, 5.41) is 27.4. The first-order valence-corrected chi connectivity index (χ1v) is 11.9. The van der Waals surface area contributed by atoms with E-state index in [0.29, 0.717) is 42.0 Å². The van der Waals surface area contributed by atoms with Crippen LogP contribution in [0.25, 0.3) is 43.7 Å². The number of nitrogens with zero attached hydrogens (tertiary/aromatic N) is 4. The number of hydrogen-bond donors (Lipinski definition) is 3. The van der Waals surface area contributed by atoms with Gasteiger partial charge in [-0.15, -0.1) is 0 Å². The molecule has 3 N–H and O–H groups in total. The van der Waals surface area contributed by atoms with Gasteiger partial charge in [0.15, 0.2) is 11.2 Å². The first-order chi connectivity index (χ1) is 18.5. The molecule has 1 saturated heterocycles. The second-order valence-electron chi connectivity index (χ2n) is 8.72. The number of benzene rings is 2. The summed E-state index contributed by atoms with van der Waals surface area (Å²) in [4.78, 5) is 34.7. The van der Waals surface area contributed by atoms with Crippen LogP contribution in [0.3, 0.4) is 0 Å². The molecule has 1 aliphatic rings. The van der Waals surface area contributed by atoms with Gasteiger partial charge in [0.1, 0.15) is 11.4 Å². The molecule has 0 saturated carbocycles. The van der Waals surface area contributed by atoms with Crippen molar-refractivity contribution >= 4 is 61.5 Å². The molecule has 7 rings (SSSR count). The third-order valence-corrected chi connectivity index (χ3v) is 6.40. The molecule has 2 amide bonds. The Bertz CT molecular complexity index is 1840. The first kappa shape index (κ1) is 31.2. The van der Waals surface area contributed by atoms with Crippen molar-refractivity contribution in [3.8, 4) is 0 Å². The van der Waals surface area contributed by atoms with E-state index in [2.05, 4.69) is 36.0 Å². The van der Waals surface area contributed by atoms with Gasteiger partial charge >= 0.3 is 5.97 Å². The predicted molar refractivity (Wildman–Crippen MR) is 146 cm³/mol. The van der Waals surface area contributed by atoms with E-state index >= 15 is 0 Å². The molecule has 0 spiro atoms. The molecule has 214 valence electrons. The Hall–Kier alpha value is -4.38. The molecule has 0 bridgehead atoms. The van der Waals surface area contributed by atoms with Crippen molar-refractivity contribution in [1.82, 2.24) is 36.0 Å². The number of rotatable bonds is 4. The zero-order chi connectivity index (χ0) is 26.2. The van der Waals surface area contributed by atoms with Crippen molar-refractivity contribution in [1.29, 1.82) is 0 Å². The molecule has 2 aromatic carbocycles. The Morgan fingerprint density at radius 2 is 1.59 bits per heavy atom. The third-order valence-electron chi connectivity index (χ3n) is 6.40. The Balaban J connectivity index is 0.000000211. The van der Waals surface area contributed by atoms with Gasteiger partial charge in [0, 0.05) is 38.3 Å². The summed E-state index contributed by atoms with van der Waals surface area (Å²) in [5.74, 6) is -1.34. The number of nitrogens with one attached hydrogen (secondary N) is 3. The molecule has 0 aliphatic carbocycles. The summed E-state index contributed by atoms with van der Waals surface area (Å²) >= 11 is 0. The number of fused-ring (bicyclic) bond motifs is 6. The minimum Gasteiger partial charge on any atom is -0.466 e. The van der Waals surface area contributed by atoms with Gasteiger partial charge in [0.05, 0.1) is 53.1 Å². The molecule has 4 aromatic heterocycles. The SMILES string of the molecule is C.CCOC(=O)Cc1noc2ccc3[nH]ncc3c12.O=C1CCC(c2noc3ccc4[nH]ncc4c23)C(=O)N1.[CH3-].[W]. The van der Waals surface area contributed by atoms with Crippen molar-refractivity contribution in [3.63, 3.8) is 0 Å². The number of hydrogen-bond acceptors (Lipinski definition) is 10. The Morgan fingerprint density at radius 3 is 2.22 bits per heavy atom. The van der Waals surface area contributed by atoms with Crippen LogP contribution in [-0.4, -0.2) is 55.1 Å². The number of imide groups is 1. The van der Waals surface area contributed by atoms with Gasteiger partial charge in [0.2, 0.25) is 11.8 Å². The summed E-state index contributed by atoms with van der Waals surface area (Å²) in [6.45, 7) is 2.13. The number of carbonyl (C=O) groups is 3. The zero-order valence-corrected chi connectivity index (χ0v) is 24.4. The number of esters is 1. The Morgan fingerprint density at radius 1 is 0.976 bits per heavy atom. The fraction of sp³-hybridized carbons (Fsp3) is 0.259. The molecule has 41 heavy (non-hydrogen) atoms. The summed E-state index contributed by atoms with van der Waals surface area (Å²) in [5.41, 5.74) is 4.14. The normalized spacial score (nSPS) is 14.5. The van der Waals surface area contributed by atoms with Gasteiger partial charge in [-0.2, -0.15) is 10.2 Å². The van der Waals surface area contributed by atoms with E-state index in [9.17, 15) is 14.4 Å². The number of piperidine rings is 1. The van der Waals surface area contributed by atoms with Crippen molar-refractivity contribution in [2.45, 2.75) is 39.5 Å². The molecule has 1 fully saturated rings. The second kappa shape index (κ2) is 12.9. The topological polar surface area (TPSA) is 182 Å². The Labute approximate surface area is 248 Å². The third kappa shape index (κ3) is 5.76. The predicted octanol–water partition coefficient (Wildman–Crippen LogP) is 4.12. The molecular weight excluding hydrogens is 702 g/mol. The smallest absolute Gasteiger partial charge is 0.312 e. The zero-order valence-electron chi connectivity index (χ0n) is 21.5. The fourth-order valence-corrected chi connectivity index (χ4v) is 4.66. The number of aromatic amines is 2. The number of aromatic nitrogens is 6. The van der Waals surface area contributed by atoms with Crippen LogP contribution in [0, 0.1) is 7.43 Å². The number of amides is 2. The molecule has 1 atom stereocenters. The van der Waals surface area contributed by atoms with E-state index in [1.165, 1.54) is 0 Å². The average molecular weight is 730 g/mol. The van der Waals surface area contributed by atoms with E-state index in [0.717, 1.165) is 32.6 Å². The first-order valence-electron chi connectivity index (χ1n) is 11.9. The summed E-state index contributed by atoms with van der Waals surface area (Å²) in [7, 11) is 0. The van der Waals surface area contributed by atoms with Gasteiger partial charge in [-0.3, -0.25) is 29.9 Å². The molecule has 1 unspecified atom stereocenters. The summed E-state index contributed by atoms with van der Waals surface area (Å²) in [6, 6.07) is 7.31. The fourth-order valence-electron chi connectivity index (χ4n) is 4.66. The van der Waals surface area contributed by atoms with Gasteiger partial charge < -0.3 is 21.2 Å². The number of carbonyl (C=O) groups excluding carboxylic acids is 3. The maximum Gasteiger partial charge on any atom is 0.312 e. The molecule has 5 heterocycles. The molecular formula is C27H28N7O6W-. The average Bonchev–Trinajstić information content (AvgIpc) is 3.69.